The number of nitro groups is 1. The number of hydrogen-bond donors (Lipinski definition) is 1. The lowest BCUT2D eigenvalue weighted by atomic mass is 10.2. The van der Waals surface area contributed by atoms with Crippen LogP contribution in [0.2, 0.25) is 0 Å². The van der Waals surface area contributed by atoms with Gasteiger partial charge >= 0.3 is 17.5 Å². The van der Waals surface area contributed by atoms with Gasteiger partial charge in [-0.1, -0.05) is 5.10 Å². The van der Waals surface area contributed by atoms with Gasteiger partial charge in [0, 0.05) is 18.2 Å². The number of aromatic nitrogens is 2. The molecule has 0 unspecified atom stereocenters. The van der Waals surface area contributed by atoms with Gasteiger partial charge in [-0.2, -0.15) is 4.68 Å². The first-order chi connectivity index (χ1) is 11.8. The van der Waals surface area contributed by atoms with Crippen LogP contribution in [0, 0.1) is 21.7 Å². The average molecular weight is 351 g/mol. The van der Waals surface area contributed by atoms with E-state index in [4.69, 9.17) is 4.74 Å². The number of hydrogen-bond acceptors (Lipinski definition) is 7. The van der Waals surface area contributed by atoms with Gasteiger partial charge in [-0.25, -0.2) is 13.6 Å². The second-order valence-corrected chi connectivity index (χ2v) is 4.65. The quantitative estimate of drug-likeness (QED) is 0.566. The van der Waals surface area contributed by atoms with Crippen LogP contribution >= 0.6 is 0 Å². The molecule has 1 heterocycles. The number of benzene rings is 2. The summed E-state index contributed by atoms with van der Waals surface area (Å²) in [4.78, 5) is 21.6. The lowest BCUT2D eigenvalue weighted by Gasteiger charge is -2.01. The molecule has 1 aromatic heterocycles. The van der Waals surface area contributed by atoms with Crippen molar-refractivity contribution in [2.24, 2.45) is 0 Å². The number of halogens is 2. The van der Waals surface area contributed by atoms with Crippen molar-refractivity contribution in [1.82, 2.24) is 9.78 Å². The molecule has 0 saturated carbocycles. The maximum atomic E-state index is 13.5. The Hall–Kier alpha value is -3.76. The van der Waals surface area contributed by atoms with E-state index in [-0.39, 0.29) is 5.69 Å². The minimum atomic E-state index is -1.05. The van der Waals surface area contributed by atoms with Crippen molar-refractivity contribution in [3.05, 3.63) is 68.7 Å². The Bertz CT molecular complexity index is 1030. The maximum absolute atomic E-state index is 13.5. The Morgan fingerprint density at radius 1 is 1.24 bits per heavy atom. The molecule has 0 amide bonds. The third-order valence-electron chi connectivity index (χ3n) is 3.02. The Kier molecular flexibility index (Phi) is 3.89. The fraction of sp³-hybridized carbons (Fsp3) is 0. The van der Waals surface area contributed by atoms with Gasteiger partial charge in [0.25, 0.3) is 0 Å². The first-order valence-corrected chi connectivity index (χ1v) is 6.56. The number of phenolic OH excluding ortho intramolecular Hbond substituents is 1. The summed E-state index contributed by atoms with van der Waals surface area (Å²) in [6.45, 7) is 0. The molecular formula is C14H7F2N3O6. The number of nitro benzene ring substituents is 1. The molecule has 0 bridgehead atoms. The molecule has 1 N–H and O–H groups in total. The highest BCUT2D eigenvalue weighted by molar-refractivity contribution is 5.51. The van der Waals surface area contributed by atoms with E-state index in [0.29, 0.717) is 10.7 Å². The number of rotatable bonds is 4. The van der Waals surface area contributed by atoms with Crippen LogP contribution in [0.3, 0.4) is 0 Å². The summed E-state index contributed by atoms with van der Waals surface area (Å²) in [6.07, 6.45) is -0.645. The van der Waals surface area contributed by atoms with E-state index in [0.717, 1.165) is 30.3 Å². The van der Waals surface area contributed by atoms with Crippen LogP contribution in [0.4, 0.5) is 14.5 Å². The average Bonchev–Trinajstić information content (AvgIpc) is 2.90. The summed E-state index contributed by atoms with van der Waals surface area (Å²) in [5.41, 5.74) is -0.614. The zero-order chi connectivity index (χ0) is 18.1. The first kappa shape index (κ1) is 16.1. The smallest absolute Gasteiger partial charge is 0.444 e. The minimum Gasteiger partial charge on any atom is -0.502 e. The van der Waals surface area contributed by atoms with Crippen LogP contribution in [0.15, 0.2) is 45.6 Å². The van der Waals surface area contributed by atoms with Gasteiger partial charge in [-0.15, -0.1) is 0 Å². The van der Waals surface area contributed by atoms with Crippen molar-refractivity contribution in [1.29, 1.82) is 0 Å². The normalized spacial score (nSPS) is 10.6. The molecule has 0 aliphatic rings. The fourth-order valence-electron chi connectivity index (χ4n) is 1.92. The second-order valence-electron chi connectivity index (χ2n) is 4.65. The van der Waals surface area contributed by atoms with E-state index in [1.54, 1.807) is 0 Å². The van der Waals surface area contributed by atoms with Gasteiger partial charge in [0.1, 0.15) is 5.82 Å². The summed E-state index contributed by atoms with van der Waals surface area (Å²) in [5, 5.41) is 23.9. The Labute approximate surface area is 136 Å². The van der Waals surface area contributed by atoms with Crippen molar-refractivity contribution in [3.63, 3.8) is 0 Å². The molecule has 0 radical (unpaired) electrons. The number of ether oxygens (including phenoxy) is 1. The molecule has 11 heteroatoms. The number of phenols is 1. The number of nitrogens with zero attached hydrogens (tertiary/aromatic N) is 3. The molecule has 25 heavy (non-hydrogen) atoms. The lowest BCUT2D eigenvalue weighted by molar-refractivity contribution is -0.385. The van der Waals surface area contributed by atoms with Crippen molar-refractivity contribution in [2.45, 2.75) is 0 Å². The van der Waals surface area contributed by atoms with Gasteiger partial charge in [0.05, 0.1) is 10.6 Å². The Morgan fingerprint density at radius 3 is 2.64 bits per heavy atom. The summed E-state index contributed by atoms with van der Waals surface area (Å²) >= 11 is 0. The standard InChI is InChI=1S/C14H7F2N3O6/c15-7-1-4-12(9(16)5-7)24-13-17-18(14(21)25-13)8-2-3-10(19(22)23)11(20)6-8/h1-6,20H. The van der Waals surface area contributed by atoms with E-state index in [9.17, 15) is 28.8 Å². The van der Waals surface area contributed by atoms with Gasteiger partial charge in [-0.05, 0) is 18.2 Å². The summed E-state index contributed by atoms with van der Waals surface area (Å²) in [5.74, 6) is -4.03. The minimum absolute atomic E-state index is 0.0497. The molecule has 0 aliphatic carbocycles. The molecule has 0 spiro atoms. The molecule has 0 atom stereocenters. The molecule has 3 aromatic rings. The predicted octanol–water partition coefficient (Wildman–Crippen LogP) is 2.51. The highest BCUT2D eigenvalue weighted by Gasteiger charge is 2.18. The fourth-order valence-corrected chi connectivity index (χ4v) is 1.92. The predicted molar refractivity (Wildman–Crippen MR) is 76.9 cm³/mol. The molecule has 3 rings (SSSR count). The van der Waals surface area contributed by atoms with E-state index in [1.807, 2.05) is 0 Å². The van der Waals surface area contributed by atoms with Crippen LogP contribution in [0.25, 0.3) is 5.69 Å². The molecule has 0 saturated heterocycles. The molecule has 128 valence electrons. The maximum Gasteiger partial charge on any atom is 0.444 e. The van der Waals surface area contributed by atoms with Crippen LogP contribution in [0.5, 0.6) is 17.6 Å². The van der Waals surface area contributed by atoms with Gasteiger partial charge in [-0.3, -0.25) is 10.1 Å². The van der Waals surface area contributed by atoms with Gasteiger partial charge in [0.2, 0.25) is 0 Å². The zero-order valence-electron chi connectivity index (χ0n) is 12.1. The topological polar surface area (TPSA) is 121 Å². The Balaban J connectivity index is 1.94. The molecule has 0 aliphatic heterocycles. The highest BCUT2D eigenvalue weighted by atomic mass is 19.1. The first-order valence-electron chi connectivity index (χ1n) is 6.56. The largest absolute Gasteiger partial charge is 0.502 e. The van der Waals surface area contributed by atoms with Gasteiger partial charge < -0.3 is 14.3 Å². The molecule has 0 fully saturated rings. The zero-order valence-corrected chi connectivity index (χ0v) is 12.1. The Morgan fingerprint density at radius 2 is 2.00 bits per heavy atom. The monoisotopic (exact) mass is 351 g/mol. The SMILES string of the molecule is O=c1oc(Oc2ccc(F)cc2F)nn1-c1ccc([N+](=O)[O-])c(O)c1. The van der Waals surface area contributed by atoms with Crippen LogP contribution in [0.1, 0.15) is 0 Å². The van der Waals surface area contributed by atoms with E-state index in [1.165, 1.54) is 0 Å². The summed E-state index contributed by atoms with van der Waals surface area (Å²) in [7, 11) is 0. The summed E-state index contributed by atoms with van der Waals surface area (Å²) < 4.78 is 36.6. The van der Waals surface area contributed by atoms with Crippen molar-refractivity contribution < 1.29 is 28.0 Å². The van der Waals surface area contributed by atoms with E-state index in [2.05, 4.69) is 9.52 Å². The van der Waals surface area contributed by atoms with Crippen molar-refractivity contribution in [3.8, 4) is 23.3 Å². The van der Waals surface area contributed by atoms with E-state index < -0.39 is 45.6 Å². The third-order valence-corrected chi connectivity index (χ3v) is 3.02. The van der Waals surface area contributed by atoms with Crippen LogP contribution in [-0.4, -0.2) is 19.8 Å². The third kappa shape index (κ3) is 3.15. The van der Waals surface area contributed by atoms with Gasteiger partial charge in [0.15, 0.2) is 17.3 Å². The number of aromatic hydroxyl groups is 1. The van der Waals surface area contributed by atoms with Crippen LogP contribution < -0.4 is 10.5 Å². The molecular weight excluding hydrogens is 344 g/mol. The molecule has 9 nitrogen and oxygen atoms in total. The van der Waals surface area contributed by atoms with Crippen molar-refractivity contribution >= 4 is 5.69 Å². The van der Waals surface area contributed by atoms with E-state index >= 15 is 0 Å². The summed E-state index contributed by atoms with van der Waals surface area (Å²) in [6, 6.07) is 5.50. The second kappa shape index (κ2) is 6.03. The van der Waals surface area contributed by atoms with Crippen molar-refractivity contribution in [2.75, 3.05) is 0 Å². The lowest BCUT2D eigenvalue weighted by Crippen LogP contribution is -2.13. The molecule has 2 aromatic carbocycles. The van der Waals surface area contributed by atoms with Crippen LogP contribution in [-0.2, 0) is 0 Å². The highest BCUT2D eigenvalue weighted by Crippen LogP contribution is 2.28.